The average molecular weight is 919 g/mol. The number of hydrogen-bond donors (Lipinski definition) is 4. The standard InChI is InChI=1S/C51H78N6O9/c1-35(2)29-43(44(59)32-39(23-17-18-26-53-48(63)65-50(4,5)6)46(61)56-27-24-41(25-28-56)54-47(62)52-10)55-45(60)40(30-37-19-13-11-14-20-37)31-42(58)34-57(49(64)66-51(7,8)9)33-36(3)38-21-15-12-16-22-38/h11-16,19-22,35-36,39-41,43H,17-18,23-34H2,1-10H3,(H,53,63)(H,55,60)(H2,52,54,62)/t36-,39-,40-,43+/m0/s1. The highest BCUT2D eigenvalue weighted by Crippen LogP contribution is 2.24. The van der Waals surface area contributed by atoms with Crippen molar-refractivity contribution >= 4 is 41.6 Å². The number of benzene rings is 2. The number of carbonyl (C=O) groups is 7. The van der Waals surface area contributed by atoms with Crippen molar-refractivity contribution in [3.8, 4) is 0 Å². The van der Waals surface area contributed by atoms with E-state index >= 15 is 0 Å². The lowest BCUT2D eigenvalue weighted by Crippen LogP contribution is -2.50. The number of ketones is 2. The van der Waals surface area contributed by atoms with E-state index < -0.39 is 47.2 Å². The van der Waals surface area contributed by atoms with E-state index in [1.807, 2.05) is 81.4 Å². The van der Waals surface area contributed by atoms with Gasteiger partial charge in [-0.05, 0) is 103 Å². The molecule has 15 nitrogen and oxygen atoms in total. The molecule has 6 amide bonds. The first kappa shape index (κ1) is 54.9. The van der Waals surface area contributed by atoms with Gasteiger partial charge in [0, 0.05) is 63.9 Å². The third kappa shape index (κ3) is 20.8. The maximum Gasteiger partial charge on any atom is 0.410 e. The molecule has 0 saturated carbocycles. The van der Waals surface area contributed by atoms with Crippen LogP contribution in [-0.4, -0.2) is 114 Å². The van der Waals surface area contributed by atoms with E-state index in [-0.39, 0.29) is 73.7 Å². The Hall–Kier alpha value is -5.47. The molecule has 2 aromatic rings. The fourth-order valence-corrected chi connectivity index (χ4v) is 7.97. The van der Waals surface area contributed by atoms with Crippen LogP contribution in [0.15, 0.2) is 60.7 Å². The number of piperidine rings is 1. The molecular formula is C51H78N6O9. The SMILES string of the molecule is CNC(=O)NC1CCN(C(=O)[C@@H](CCCCNC(=O)OC(C)(C)C)CC(=O)[C@@H](CC(C)C)NC(=O)[C@H](CC(=O)CN(C[C@H](C)c2ccccc2)C(=O)OC(C)(C)C)Cc2ccccc2)CC1. The lowest BCUT2D eigenvalue weighted by molar-refractivity contribution is -0.140. The number of carbonyl (C=O) groups excluding carboxylic acids is 7. The largest absolute Gasteiger partial charge is 0.444 e. The van der Waals surface area contributed by atoms with Gasteiger partial charge < -0.3 is 40.5 Å². The average Bonchev–Trinajstić information content (AvgIpc) is 3.24. The van der Waals surface area contributed by atoms with Crippen molar-refractivity contribution < 1.29 is 43.0 Å². The van der Waals surface area contributed by atoms with Crippen molar-refractivity contribution in [2.24, 2.45) is 17.8 Å². The van der Waals surface area contributed by atoms with Gasteiger partial charge in [-0.1, -0.05) is 87.9 Å². The molecule has 0 spiro atoms. The number of amides is 6. The van der Waals surface area contributed by atoms with Crippen LogP contribution in [0, 0.1) is 17.8 Å². The molecule has 1 aliphatic heterocycles. The third-order valence-corrected chi connectivity index (χ3v) is 11.3. The van der Waals surface area contributed by atoms with Gasteiger partial charge >= 0.3 is 18.2 Å². The maximum absolute atomic E-state index is 14.5. The summed E-state index contributed by atoms with van der Waals surface area (Å²) in [6, 6.07) is 17.7. The molecule has 1 aliphatic rings. The first-order valence-electron chi connectivity index (χ1n) is 23.7. The lowest BCUT2D eigenvalue weighted by Gasteiger charge is -2.35. The van der Waals surface area contributed by atoms with Gasteiger partial charge in [0.2, 0.25) is 11.8 Å². The molecule has 4 N–H and O–H groups in total. The summed E-state index contributed by atoms with van der Waals surface area (Å²) in [7, 11) is 1.55. The van der Waals surface area contributed by atoms with E-state index in [0.717, 1.165) is 11.1 Å². The van der Waals surface area contributed by atoms with Gasteiger partial charge in [0.15, 0.2) is 11.6 Å². The second-order valence-corrected chi connectivity index (χ2v) is 20.1. The number of rotatable bonds is 23. The summed E-state index contributed by atoms with van der Waals surface area (Å²) < 4.78 is 11.1. The highest BCUT2D eigenvalue weighted by molar-refractivity contribution is 5.94. The Morgan fingerprint density at radius 2 is 1.39 bits per heavy atom. The second-order valence-electron chi connectivity index (χ2n) is 20.1. The van der Waals surface area contributed by atoms with Crippen molar-refractivity contribution in [2.45, 2.75) is 149 Å². The molecule has 1 saturated heterocycles. The topological polar surface area (TPSA) is 193 Å². The van der Waals surface area contributed by atoms with Crippen molar-refractivity contribution in [3.05, 3.63) is 71.8 Å². The predicted molar refractivity (Wildman–Crippen MR) is 256 cm³/mol. The number of ether oxygens (including phenoxy) is 2. The summed E-state index contributed by atoms with van der Waals surface area (Å²) in [5.74, 6) is -2.90. The number of unbranched alkanes of at least 4 members (excludes halogenated alkanes) is 1. The van der Waals surface area contributed by atoms with Crippen molar-refractivity contribution in [2.75, 3.05) is 39.8 Å². The summed E-state index contributed by atoms with van der Waals surface area (Å²) in [5.41, 5.74) is 0.390. The lowest BCUT2D eigenvalue weighted by atomic mass is 9.88. The van der Waals surface area contributed by atoms with Gasteiger partial charge in [-0.3, -0.25) is 19.2 Å². The van der Waals surface area contributed by atoms with Crippen LogP contribution in [0.25, 0.3) is 0 Å². The van der Waals surface area contributed by atoms with E-state index in [1.54, 1.807) is 53.5 Å². The molecule has 0 aliphatic carbocycles. The summed E-state index contributed by atoms with van der Waals surface area (Å²) in [5, 5.41) is 11.2. The smallest absolute Gasteiger partial charge is 0.410 e. The quantitative estimate of drug-likeness (QED) is 0.0815. The first-order chi connectivity index (χ1) is 31.0. The van der Waals surface area contributed by atoms with Crippen LogP contribution in [0.2, 0.25) is 0 Å². The molecule has 0 radical (unpaired) electrons. The Labute approximate surface area is 393 Å². The van der Waals surface area contributed by atoms with Crippen LogP contribution in [0.5, 0.6) is 0 Å². The highest BCUT2D eigenvalue weighted by Gasteiger charge is 2.35. The number of hydrogen-bond acceptors (Lipinski definition) is 9. The van der Waals surface area contributed by atoms with Crippen molar-refractivity contribution in [1.82, 2.24) is 31.1 Å². The molecule has 0 aromatic heterocycles. The van der Waals surface area contributed by atoms with Gasteiger partial charge in [0.05, 0.1) is 12.6 Å². The Morgan fingerprint density at radius 1 is 0.788 bits per heavy atom. The summed E-state index contributed by atoms with van der Waals surface area (Å²) in [6.45, 7) is 17.6. The fourth-order valence-electron chi connectivity index (χ4n) is 7.97. The molecular weight excluding hydrogens is 841 g/mol. The minimum atomic E-state index is -0.928. The molecule has 66 heavy (non-hydrogen) atoms. The highest BCUT2D eigenvalue weighted by atomic mass is 16.6. The summed E-state index contributed by atoms with van der Waals surface area (Å²) in [4.78, 5) is 98.1. The third-order valence-electron chi connectivity index (χ3n) is 11.3. The molecule has 366 valence electrons. The Bertz CT molecular complexity index is 1870. The van der Waals surface area contributed by atoms with Crippen LogP contribution < -0.4 is 21.3 Å². The van der Waals surface area contributed by atoms with Crippen molar-refractivity contribution in [3.63, 3.8) is 0 Å². The minimum absolute atomic E-state index is 0.00220. The first-order valence-corrected chi connectivity index (χ1v) is 23.7. The number of urea groups is 1. The molecule has 15 heteroatoms. The molecule has 4 atom stereocenters. The van der Waals surface area contributed by atoms with Gasteiger partial charge in [-0.15, -0.1) is 0 Å². The number of nitrogens with zero attached hydrogens (tertiary/aromatic N) is 2. The Balaban J connectivity index is 1.83. The predicted octanol–water partition coefficient (Wildman–Crippen LogP) is 7.57. The van der Waals surface area contributed by atoms with Gasteiger partial charge in [-0.25, -0.2) is 14.4 Å². The molecule has 0 bridgehead atoms. The number of likely N-dealkylation sites (tertiary alicyclic amines) is 1. The van der Waals surface area contributed by atoms with E-state index in [4.69, 9.17) is 9.47 Å². The Morgan fingerprint density at radius 3 is 1.97 bits per heavy atom. The van der Waals surface area contributed by atoms with Gasteiger partial charge in [-0.2, -0.15) is 0 Å². The molecule has 1 fully saturated rings. The maximum atomic E-state index is 14.5. The van der Waals surface area contributed by atoms with Gasteiger partial charge in [0.25, 0.3) is 0 Å². The van der Waals surface area contributed by atoms with E-state index in [0.29, 0.717) is 58.2 Å². The molecule has 2 aromatic carbocycles. The normalized spacial score (nSPS) is 15.1. The van der Waals surface area contributed by atoms with Gasteiger partial charge in [0.1, 0.15) is 11.2 Å². The minimum Gasteiger partial charge on any atom is -0.444 e. The zero-order valence-corrected chi connectivity index (χ0v) is 41.2. The second kappa shape index (κ2) is 26.6. The fraction of sp³-hybridized carbons (Fsp3) is 0.627. The Kier molecular flexibility index (Phi) is 22.1. The molecule has 1 heterocycles. The van der Waals surface area contributed by atoms with Crippen LogP contribution in [0.3, 0.4) is 0 Å². The molecule has 0 unspecified atom stereocenters. The molecule has 3 rings (SSSR count). The summed E-state index contributed by atoms with van der Waals surface area (Å²) >= 11 is 0. The zero-order chi connectivity index (χ0) is 49.0. The van der Waals surface area contributed by atoms with Crippen LogP contribution in [0.4, 0.5) is 14.4 Å². The van der Waals surface area contributed by atoms with E-state index in [9.17, 15) is 33.6 Å². The summed E-state index contributed by atoms with van der Waals surface area (Å²) in [6.07, 6.45) is 1.67. The van der Waals surface area contributed by atoms with Crippen LogP contribution in [-0.2, 0) is 35.1 Å². The number of Topliss-reactive ketones (excluding diaryl/α,β-unsaturated/α-hetero) is 2. The monoisotopic (exact) mass is 919 g/mol. The van der Waals surface area contributed by atoms with E-state index in [1.165, 1.54) is 4.90 Å². The van der Waals surface area contributed by atoms with Crippen LogP contribution in [0.1, 0.15) is 131 Å². The van der Waals surface area contributed by atoms with Crippen molar-refractivity contribution in [1.29, 1.82) is 0 Å². The number of nitrogens with one attached hydrogen (secondary N) is 4. The van der Waals surface area contributed by atoms with Crippen LogP contribution >= 0.6 is 0 Å². The zero-order valence-electron chi connectivity index (χ0n) is 41.2. The number of alkyl carbamates (subject to hydrolysis) is 1. The van der Waals surface area contributed by atoms with E-state index in [2.05, 4.69) is 21.3 Å².